The quantitative estimate of drug-likeness (QED) is 0.828. The van der Waals surface area contributed by atoms with E-state index in [1.165, 1.54) is 51.4 Å². The van der Waals surface area contributed by atoms with Crippen LogP contribution in [0.15, 0.2) is 0 Å². The lowest BCUT2D eigenvalue weighted by molar-refractivity contribution is 0.0488. The number of ether oxygens (including phenoxy) is 1. The van der Waals surface area contributed by atoms with Crippen LogP contribution in [0, 0.1) is 17.3 Å². The Kier molecular flexibility index (Phi) is 3.19. The molecule has 4 fully saturated rings. The molecule has 2 bridgehead atoms. The van der Waals surface area contributed by atoms with Crippen molar-refractivity contribution in [2.24, 2.45) is 17.3 Å². The largest absolute Gasteiger partial charge is 0.446 e. The van der Waals surface area contributed by atoms with Crippen molar-refractivity contribution in [2.75, 3.05) is 0 Å². The Bertz CT molecular complexity index is 386. The lowest BCUT2D eigenvalue weighted by Gasteiger charge is -2.29. The Morgan fingerprint density at radius 1 is 1.00 bits per heavy atom. The van der Waals surface area contributed by atoms with Gasteiger partial charge in [0.05, 0.1) is 0 Å². The van der Waals surface area contributed by atoms with E-state index < -0.39 is 0 Å². The molecule has 0 unspecified atom stereocenters. The van der Waals surface area contributed by atoms with Crippen molar-refractivity contribution in [3.05, 3.63) is 0 Å². The third-order valence-electron chi connectivity index (χ3n) is 6.74. The second-order valence-corrected chi connectivity index (χ2v) is 7.69. The second kappa shape index (κ2) is 4.92. The molecule has 0 aromatic carbocycles. The van der Waals surface area contributed by atoms with Crippen molar-refractivity contribution >= 4 is 6.09 Å². The van der Waals surface area contributed by atoms with Crippen LogP contribution in [0.3, 0.4) is 0 Å². The maximum atomic E-state index is 12.1. The minimum absolute atomic E-state index is 0.135. The van der Waals surface area contributed by atoms with Crippen LogP contribution in [-0.2, 0) is 4.74 Å². The van der Waals surface area contributed by atoms with Crippen LogP contribution in [0.4, 0.5) is 4.79 Å². The third-order valence-corrected chi connectivity index (χ3v) is 6.74. The lowest BCUT2D eigenvalue weighted by atomic mass is 9.80. The molecule has 4 aliphatic carbocycles. The van der Waals surface area contributed by atoms with Gasteiger partial charge in [0.1, 0.15) is 6.10 Å². The fraction of sp³-hybridized carbons (Fsp3) is 0.941. The first-order valence-corrected chi connectivity index (χ1v) is 8.74. The lowest BCUT2D eigenvalue weighted by Crippen LogP contribution is -2.39. The molecular formula is C17H27NO2. The fourth-order valence-electron chi connectivity index (χ4n) is 5.87. The van der Waals surface area contributed by atoms with Crippen LogP contribution in [0.1, 0.15) is 70.6 Å². The van der Waals surface area contributed by atoms with Crippen LogP contribution in [0.5, 0.6) is 0 Å². The molecule has 20 heavy (non-hydrogen) atoms. The molecule has 1 N–H and O–H groups in total. The summed E-state index contributed by atoms with van der Waals surface area (Å²) >= 11 is 0. The van der Waals surface area contributed by atoms with Gasteiger partial charge >= 0.3 is 6.09 Å². The smallest absolute Gasteiger partial charge is 0.407 e. The minimum Gasteiger partial charge on any atom is -0.446 e. The number of amides is 1. The van der Waals surface area contributed by atoms with E-state index in [9.17, 15) is 4.79 Å². The van der Waals surface area contributed by atoms with Crippen molar-refractivity contribution < 1.29 is 9.53 Å². The molecule has 1 amide bonds. The standard InChI is InChI=1S/C17H27NO2/c19-16(18-12-5-2-1-3-6-12)20-15-11-17-9-4-7-14(17)13(15)8-10-17/h12-15H,1-11H2,(H,18,19)/t13-,14+,15+,17+/m0/s1. The molecule has 4 rings (SSSR count). The molecular weight excluding hydrogens is 250 g/mol. The summed E-state index contributed by atoms with van der Waals surface area (Å²) in [5.74, 6) is 1.55. The number of rotatable bonds is 2. The second-order valence-electron chi connectivity index (χ2n) is 7.69. The highest BCUT2D eigenvalue weighted by molar-refractivity contribution is 5.68. The maximum Gasteiger partial charge on any atom is 0.407 e. The van der Waals surface area contributed by atoms with Crippen LogP contribution in [-0.4, -0.2) is 18.2 Å². The van der Waals surface area contributed by atoms with E-state index in [4.69, 9.17) is 4.74 Å². The van der Waals surface area contributed by atoms with E-state index >= 15 is 0 Å². The first-order chi connectivity index (χ1) is 9.77. The molecule has 0 saturated heterocycles. The topological polar surface area (TPSA) is 38.3 Å². The highest BCUT2D eigenvalue weighted by Gasteiger charge is 2.60. The molecule has 4 aliphatic rings. The molecule has 0 aromatic rings. The zero-order valence-corrected chi connectivity index (χ0v) is 12.4. The van der Waals surface area contributed by atoms with Gasteiger partial charge in [0.15, 0.2) is 0 Å². The number of nitrogens with one attached hydrogen (secondary N) is 1. The number of hydrogen-bond acceptors (Lipinski definition) is 2. The molecule has 0 spiro atoms. The van der Waals surface area contributed by atoms with Gasteiger partial charge in [-0.05, 0) is 62.2 Å². The van der Waals surface area contributed by atoms with Gasteiger partial charge in [-0.2, -0.15) is 0 Å². The molecule has 0 aromatic heterocycles. The van der Waals surface area contributed by atoms with Gasteiger partial charge in [-0.25, -0.2) is 4.79 Å². The van der Waals surface area contributed by atoms with Crippen LogP contribution in [0.25, 0.3) is 0 Å². The van der Waals surface area contributed by atoms with Crippen molar-refractivity contribution in [3.63, 3.8) is 0 Å². The van der Waals surface area contributed by atoms with Crippen molar-refractivity contribution in [1.82, 2.24) is 5.32 Å². The first-order valence-electron chi connectivity index (χ1n) is 8.74. The molecule has 112 valence electrons. The molecule has 4 atom stereocenters. The predicted octanol–water partition coefficient (Wildman–Crippen LogP) is 4.01. The zero-order chi connectivity index (χ0) is 13.6. The summed E-state index contributed by atoms with van der Waals surface area (Å²) in [6.45, 7) is 0. The van der Waals surface area contributed by atoms with E-state index in [0.29, 0.717) is 17.4 Å². The van der Waals surface area contributed by atoms with Gasteiger partial charge in [0, 0.05) is 6.04 Å². The molecule has 0 heterocycles. The van der Waals surface area contributed by atoms with Crippen LogP contribution in [0.2, 0.25) is 0 Å². The predicted molar refractivity (Wildman–Crippen MR) is 77.4 cm³/mol. The monoisotopic (exact) mass is 277 g/mol. The molecule has 4 saturated carbocycles. The zero-order valence-electron chi connectivity index (χ0n) is 12.4. The number of alkyl carbamates (subject to hydrolysis) is 1. The summed E-state index contributed by atoms with van der Waals surface area (Å²) in [5.41, 5.74) is 0.570. The maximum absolute atomic E-state index is 12.1. The van der Waals surface area contributed by atoms with Crippen molar-refractivity contribution in [1.29, 1.82) is 0 Å². The average molecular weight is 277 g/mol. The third kappa shape index (κ3) is 2.05. The highest BCUT2D eigenvalue weighted by atomic mass is 16.6. The van der Waals surface area contributed by atoms with E-state index in [-0.39, 0.29) is 12.2 Å². The Hall–Kier alpha value is -0.730. The van der Waals surface area contributed by atoms with E-state index in [1.54, 1.807) is 0 Å². The van der Waals surface area contributed by atoms with Gasteiger partial charge in [0.25, 0.3) is 0 Å². The van der Waals surface area contributed by atoms with Gasteiger partial charge in [-0.15, -0.1) is 0 Å². The summed E-state index contributed by atoms with van der Waals surface area (Å²) in [4.78, 5) is 12.1. The van der Waals surface area contributed by atoms with E-state index in [1.807, 2.05) is 0 Å². The number of carbonyl (C=O) groups excluding carboxylic acids is 1. The molecule has 0 radical (unpaired) electrons. The summed E-state index contributed by atoms with van der Waals surface area (Å²) in [5, 5.41) is 3.11. The summed E-state index contributed by atoms with van der Waals surface area (Å²) in [6, 6.07) is 0.368. The summed E-state index contributed by atoms with van der Waals surface area (Å²) in [7, 11) is 0. The Morgan fingerprint density at radius 2 is 1.85 bits per heavy atom. The summed E-state index contributed by atoms with van der Waals surface area (Å²) < 4.78 is 5.83. The van der Waals surface area contributed by atoms with Crippen LogP contribution >= 0.6 is 0 Å². The molecule has 3 heteroatoms. The summed E-state index contributed by atoms with van der Waals surface area (Å²) in [6.07, 6.45) is 14.2. The minimum atomic E-state index is -0.135. The fourth-order valence-corrected chi connectivity index (χ4v) is 5.87. The Balaban J connectivity index is 1.33. The highest BCUT2D eigenvalue weighted by Crippen LogP contribution is 2.66. The average Bonchev–Trinajstić information content (AvgIpc) is 3.04. The van der Waals surface area contributed by atoms with Gasteiger partial charge in [-0.1, -0.05) is 25.7 Å². The number of hydrogen-bond donors (Lipinski definition) is 1. The van der Waals surface area contributed by atoms with Gasteiger partial charge < -0.3 is 10.1 Å². The number of carbonyl (C=O) groups is 1. The normalized spacial score (nSPS) is 43.5. The Labute approximate surface area is 121 Å². The Morgan fingerprint density at radius 3 is 2.65 bits per heavy atom. The van der Waals surface area contributed by atoms with E-state index in [0.717, 1.165) is 25.2 Å². The van der Waals surface area contributed by atoms with E-state index in [2.05, 4.69) is 5.32 Å². The molecule has 3 nitrogen and oxygen atoms in total. The van der Waals surface area contributed by atoms with Crippen LogP contribution < -0.4 is 5.32 Å². The first kappa shape index (κ1) is 13.0. The van der Waals surface area contributed by atoms with Gasteiger partial charge in [0.2, 0.25) is 0 Å². The van der Waals surface area contributed by atoms with Crippen molar-refractivity contribution in [2.45, 2.75) is 82.8 Å². The SMILES string of the molecule is O=C(NC1CCCCC1)O[C@@H]1C[C@]23CCC[C@@H]2[C@@H]1CC3. The van der Waals surface area contributed by atoms with Crippen molar-refractivity contribution in [3.8, 4) is 0 Å². The van der Waals surface area contributed by atoms with Gasteiger partial charge in [-0.3, -0.25) is 0 Å². The molecule has 0 aliphatic heterocycles.